The standard InChI is InChI=1S/C15H25N3S/c1-3-11(2)15-7-17-14(12-4-5-12)9-18(15)8-13-6-16-10-19-13/h6,10-12,14-15,17H,3-5,7-9H2,1-2H3. The van der Waals surface area contributed by atoms with Crippen LogP contribution in [0.2, 0.25) is 0 Å². The lowest BCUT2D eigenvalue weighted by Gasteiger charge is -2.43. The van der Waals surface area contributed by atoms with E-state index < -0.39 is 0 Å². The van der Waals surface area contributed by atoms with Gasteiger partial charge in [0.2, 0.25) is 0 Å². The molecule has 0 amide bonds. The molecule has 2 fully saturated rings. The van der Waals surface area contributed by atoms with Crippen LogP contribution in [0.5, 0.6) is 0 Å². The van der Waals surface area contributed by atoms with Gasteiger partial charge in [0.05, 0.1) is 5.51 Å². The van der Waals surface area contributed by atoms with E-state index in [1.54, 1.807) is 11.3 Å². The molecule has 3 rings (SSSR count). The molecule has 1 saturated carbocycles. The summed E-state index contributed by atoms with van der Waals surface area (Å²) in [4.78, 5) is 8.34. The zero-order valence-corrected chi connectivity index (χ0v) is 12.8. The van der Waals surface area contributed by atoms with Crippen molar-refractivity contribution in [2.45, 2.75) is 51.7 Å². The van der Waals surface area contributed by atoms with E-state index in [0.29, 0.717) is 6.04 Å². The number of aromatic nitrogens is 1. The Morgan fingerprint density at radius 2 is 2.37 bits per heavy atom. The van der Waals surface area contributed by atoms with Gasteiger partial charge in [-0.15, -0.1) is 11.3 Å². The summed E-state index contributed by atoms with van der Waals surface area (Å²) in [5.41, 5.74) is 1.95. The lowest BCUT2D eigenvalue weighted by molar-refractivity contribution is 0.0796. The van der Waals surface area contributed by atoms with Crippen LogP contribution in [0.4, 0.5) is 0 Å². The van der Waals surface area contributed by atoms with Crippen molar-refractivity contribution < 1.29 is 0 Å². The molecule has 4 heteroatoms. The van der Waals surface area contributed by atoms with Gasteiger partial charge in [-0.3, -0.25) is 9.88 Å². The van der Waals surface area contributed by atoms with Crippen molar-refractivity contribution in [2.75, 3.05) is 13.1 Å². The quantitative estimate of drug-likeness (QED) is 0.898. The monoisotopic (exact) mass is 279 g/mol. The van der Waals surface area contributed by atoms with Crippen LogP contribution in [-0.2, 0) is 6.54 Å². The van der Waals surface area contributed by atoms with Gasteiger partial charge in [0.1, 0.15) is 0 Å². The molecule has 2 heterocycles. The van der Waals surface area contributed by atoms with Crippen LogP contribution < -0.4 is 5.32 Å². The number of nitrogens with one attached hydrogen (secondary N) is 1. The Kier molecular flexibility index (Phi) is 4.20. The minimum Gasteiger partial charge on any atom is -0.311 e. The number of nitrogens with zero attached hydrogens (tertiary/aromatic N) is 2. The fourth-order valence-electron chi connectivity index (χ4n) is 3.20. The highest BCUT2D eigenvalue weighted by Crippen LogP contribution is 2.35. The van der Waals surface area contributed by atoms with Crippen molar-refractivity contribution >= 4 is 11.3 Å². The summed E-state index contributed by atoms with van der Waals surface area (Å²) in [6, 6.07) is 1.41. The van der Waals surface area contributed by atoms with Gasteiger partial charge in [-0.25, -0.2) is 0 Å². The van der Waals surface area contributed by atoms with Crippen LogP contribution in [0.1, 0.15) is 38.0 Å². The van der Waals surface area contributed by atoms with Crippen molar-refractivity contribution in [1.29, 1.82) is 0 Å². The smallest absolute Gasteiger partial charge is 0.0794 e. The number of thiazole rings is 1. The predicted molar refractivity (Wildman–Crippen MR) is 80.3 cm³/mol. The second-order valence-corrected chi connectivity index (χ2v) is 7.17. The first-order valence-corrected chi connectivity index (χ1v) is 8.50. The molecule has 1 aromatic rings. The van der Waals surface area contributed by atoms with Crippen molar-refractivity contribution in [3.05, 3.63) is 16.6 Å². The van der Waals surface area contributed by atoms with Crippen LogP contribution in [0, 0.1) is 11.8 Å². The molecule has 1 N–H and O–H groups in total. The van der Waals surface area contributed by atoms with E-state index >= 15 is 0 Å². The van der Waals surface area contributed by atoms with E-state index in [9.17, 15) is 0 Å². The van der Waals surface area contributed by atoms with Gasteiger partial charge in [-0.1, -0.05) is 20.3 Å². The van der Waals surface area contributed by atoms with Crippen LogP contribution in [0.25, 0.3) is 0 Å². The van der Waals surface area contributed by atoms with Gasteiger partial charge >= 0.3 is 0 Å². The van der Waals surface area contributed by atoms with E-state index in [0.717, 1.165) is 31.0 Å². The molecule has 0 radical (unpaired) electrons. The first-order chi connectivity index (χ1) is 9.28. The van der Waals surface area contributed by atoms with E-state index in [1.807, 2.05) is 11.7 Å². The Balaban J connectivity index is 1.68. The molecule has 3 atom stereocenters. The van der Waals surface area contributed by atoms with Crippen molar-refractivity contribution in [1.82, 2.24) is 15.2 Å². The van der Waals surface area contributed by atoms with E-state index in [1.165, 1.54) is 30.7 Å². The Bertz CT molecular complexity index is 388. The summed E-state index contributed by atoms with van der Waals surface area (Å²) in [6.45, 7) is 8.17. The number of hydrogen-bond acceptors (Lipinski definition) is 4. The molecule has 3 unspecified atom stereocenters. The van der Waals surface area contributed by atoms with Crippen LogP contribution in [0.3, 0.4) is 0 Å². The van der Waals surface area contributed by atoms with Gasteiger partial charge in [0, 0.05) is 42.8 Å². The van der Waals surface area contributed by atoms with Gasteiger partial charge in [-0.2, -0.15) is 0 Å². The van der Waals surface area contributed by atoms with E-state index in [4.69, 9.17) is 0 Å². The van der Waals surface area contributed by atoms with Crippen LogP contribution in [-0.4, -0.2) is 35.1 Å². The summed E-state index contributed by atoms with van der Waals surface area (Å²) in [5, 5.41) is 3.80. The normalized spacial score (nSPS) is 30.4. The van der Waals surface area contributed by atoms with Crippen LogP contribution in [0.15, 0.2) is 11.7 Å². The van der Waals surface area contributed by atoms with Gasteiger partial charge in [0.25, 0.3) is 0 Å². The van der Waals surface area contributed by atoms with Gasteiger partial charge in [-0.05, 0) is 24.7 Å². The predicted octanol–water partition coefficient (Wildman–Crippen LogP) is 2.74. The average molecular weight is 279 g/mol. The molecule has 0 aromatic carbocycles. The Morgan fingerprint density at radius 1 is 1.53 bits per heavy atom. The van der Waals surface area contributed by atoms with E-state index in [-0.39, 0.29) is 0 Å². The highest BCUT2D eigenvalue weighted by Gasteiger charge is 2.38. The third-order valence-corrected chi connectivity index (χ3v) is 5.59. The zero-order valence-electron chi connectivity index (χ0n) is 12.0. The fraction of sp³-hybridized carbons (Fsp3) is 0.800. The Morgan fingerprint density at radius 3 is 3.00 bits per heavy atom. The lowest BCUT2D eigenvalue weighted by atomic mass is 9.93. The second-order valence-electron chi connectivity index (χ2n) is 6.20. The maximum atomic E-state index is 4.22. The molecule has 19 heavy (non-hydrogen) atoms. The minimum absolute atomic E-state index is 0.682. The lowest BCUT2D eigenvalue weighted by Crippen LogP contribution is -2.58. The van der Waals surface area contributed by atoms with Gasteiger partial charge in [0.15, 0.2) is 0 Å². The Labute approximate surface area is 120 Å². The summed E-state index contributed by atoms with van der Waals surface area (Å²) in [7, 11) is 0. The average Bonchev–Trinajstić information content (AvgIpc) is 3.17. The summed E-state index contributed by atoms with van der Waals surface area (Å²) in [6.07, 6.45) is 6.16. The molecule has 1 aromatic heterocycles. The van der Waals surface area contributed by atoms with Crippen molar-refractivity contribution in [3.63, 3.8) is 0 Å². The maximum Gasteiger partial charge on any atom is 0.0794 e. The molecule has 1 saturated heterocycles. The third kappa shape index (κ3) is 3.18. The fourth-order valence-corrected chi connectivity index (χ4v) is 3.82. The molecule has 0 spiro atoms. The first kappa shape index (κ1) is 13.5. The third-order valence-electron chi connectivity index (χ3n) is 4.82. The largest absolute Gasteiger partial charge is 0.311 e. The minimum atomic E-state index is 0.682. The highest BCUT2D eigenvalue weighted by molar-refractivity contribution is 7.09. The van der Waals surface area contributed by atoms with Crippen molar-refractivity contribution in [2.24, 2.45) is 11.8 Å². The number of rotatable bonds is 5. The molecule has 2 aliphatic rings. The zero-order chi connectivity index (χ0) is 13.2. The first-order valence-electron chi connectivity index (χ1n) is 7.62. The summed E-state index contributed by atoms with van der Waals surface area (Å²) in [5.74, 6) is 1.71. The highest BCUT2D eigenvalue weighted by atomic mass is 32.1. The molecule has 1 aliphatic heterocycles. The van der Waals surface area contributed by atoms with Crippen LogP contribution >= 0.6 is 11.3 Å². The maximum absolute atomic E-state index is 4.22. The molecule has 106 valence electrons. The molecule has 1 aliphatic carbocycles. The molecule has 3 nitrogen and oxygen atoms in total. The van der Waals surface area contributed by atoms with Gasteiger partial charge < -0.3 is 5.32 Å². The SMILES string of the molecule is CCC(C)C1CNC(C2CC2)CN1Cc1cncs1. The molecular formula is C15H25N3S. The Hall–Kier alpha value is -0.450. The molecule has 0 bridgehead atoms. The van der Waals surface area contributed by atoms with Crippen molar-refractivity contribution in [3.8, 4) is 0 Å². The topological polar surface area (TPSA) is 28.2 Å². The summed E-state index contributed by atoms with van der Waals surface area (Å²) < 4.78 is 0. The molecular weight excluding hydrogens is 254 g/mol. The number of piperazine rings is 1. The summed E-state index contributed by atoms with van der Waals surface area (Å²) >= 11 is 1.79. The van der Waals surface area contributed by atoms with E-state index in [2.05, 4.69) is 29.0 Å². The second kappa shape index (κ2) is 5.90. The number of hydrogen-bond donors (Lipinski definition) is 1.